The van der Waals surface area contributed by atoms with Gasteiger partial charge in [-0.15, -0.1) is 0 Å². The maximum Gasteiger partial charge on any atom is 0.257 e. The number of carbonyl (C=O) groups excluding carboxylic acids is 1. The summed E-state index contributed by atoms with van der Waals surface area (Å²) in [5, 5.41) is 12.7. The molecule has 1 fully saturated rings. The van der Waals surface area contributed by atoms with Crippen LogP contribution in [0.4, 0.5) is 8.78 Å². The van der Waals surface area contributed by atoms with Gasteiger partial charge in [-0.25, -0.2) is 13.8 Å². The third kappa shape index (κ3) is 4.03. The summed E-state index contributed by atoms with van der Waals surface area (Å²) in [6, 6.07) is 10.9. The smallest absolute Gasteiger partial charge is 0.257 e. The van der Waals surface area contributed by atoms with Gasteiger partial charge in [-0.1, -0.05) is 30.0 Å². The highest BCUT2D eigenvalue weighted by Gasteiger charge is 2.50. The Bertz CT molecular complexity index is 992. The Morgan fingerprint density at radius 1 is 1.30 bits per heavy atom. The topological polar surface area (TPSA) is 70.9 Å². The highest BCUT2D eigenvalue weighted by Crippen LogP contribution is 2.47. The van der Waals surface area contributed by atoms with E-state index >= 15 is 0 Å². The zero-order chi connectivity index (χ0) is 21.3. The summed E-state index contributed by atoms with van der Waals surface area (Å²) < 4.78 is 34.6. The number of rotatable bonds is 3. The maximum absolute atomic E-state index is 14.9. The first-order chi connectivity index (χ1) is 14.4. The number of nitrogens with one attached hydrogen (secondary N) is 1. The summed E-state index contributed by atoms with van der Waals surface area (Å²) >= 11 is 4.49. The Balaban J connectivity index is 1.73. The fourth-order valence-corrected chi connectivity index (χ4v) is 5.33. The first kappa shape index (κ1) is 21.4. The van der Waals surface area contributed by atoms with E-state index in [1.165, 1.54) is 17.8 Å². The van der Waals surface area contributed by atoms with Crippen molar-refractivity contribution in [1.29, 1.82) is 0 Å². The van der Waals surface area contributed by atoms with Crippen molar-refractivity contribution >= 4 is 38.8 Å². The molecule has 2 N–H and O–H groups in total. The lowest BCUT2D eigenvalue weighted by molar-refractivity contribution is -0.0771. The van der Waals surface area contributed by atoms with Gasteiger partial charge in [0.05, 0.1) is 23.8 Å². The number of halogens is 3. The maximum atomic E-state index is 14.9. The summed E-state index contributed by atoms with van der Waals surface area (Å²) in [5.74, 6) is -1.36. The molecule has 0 aliphatic carbocycles. The number of aliphatic hydroxyl groups is 1. The Labute approximate surface area is 185 Å². The summed E-state index contributed by atoms with van der Waals surface area (Å²) in [4.78, 5) is 17.3. The van der Waals surface area contributed by atoms with Gasteiger partial charge < -0.3 is 15.2 Å². The minimum Gasteiger partial charge on any atom is -0.394 e. The molecule has 0 radical (unpaired) electrons. The van der Waals surface area contributed by atoms with Crippen LogP contribution in [-0.2, 0) is 10.3 Å². The molecular formula is C21H19BrF2N2O3S. The van der Waals surface area contributed by atoms with Gasteiger partial charge >= 0.3 is 0 Å². The molecule has 0 spiro atoms. The zero-order valence-electron chi connectivity index (χ0n) is 15.8. The van der Waals surface area contributed by atoms with Crippen molar-refractivity contribution in [3.05, 3.63) is 69.7 Å². The number of fused-ring (bicyclic) bond motifs is 1. The number of aliphatic hydroxyl groups excluding tert-OH is 1. The number of aliphatic imine (C=N–C) groups is 1. The molecule has 0 saturated carbocycles. The van der Waals surface area contributed by atoms with Crippen LogP contribution in [0.1, 0.15) is 22.3 Å². The second-order valence-corrected chi connectivity index (χ2v) is 9.13. The van der Waals surface area contributed by atoms with Crippen LogP contribution in [0, 0.1) is 17.6 Å². The van der Waals surface area contributed by atoms with Crippen LogP contribution in [0.25, 0.3) is 0 Å². The number of hydrogen-bond acceptors (Lipinski definition) is 5. The highest BCUT2D eigenvalue weighted by atomic mass is 79.9. The molecule has 1 amide bonds. The molecular weight excluding hydrogens is 478 g/mol. The van der Waals surface area contributed by atoms with E-state index in [-0.39, 0.29) is 41.2 Å². The first-order valence-electron chi connectivity index (χ1n) is 9.39. The molecule has 3 atom stereocenters. The summed E-state index contributed by atoms with van der Waals surface area (Å²) in [6.07, 6.45) is 0.104. The van der Waals surface area contributed by atoms with E-state index in [2.05, 4.69) is 21.2 Å². The predicted molar refractivity (Wildman–Crippen MR) is 114 cm³/mol. The van der Waals surface area contributed by atoms with Crippen molar-refractivity contribution in [3.8, 4) is 0 Å². The third-order valence-corrected chi connectivity index (χ3v) is 7.06. The lowest BCUT2D eigenvalue weighted by Crippen LogP contribution is -2.52. The van der Waals surface area contributed by atoms with Gasteiger partial charge in [0.15, 0.2) is 5.17 Å². The standard InChI is InChI=1S/C21H19BrF2N2O3S/c22-16-7-15(17(23)8-18(16)24)21-11-29-14(9-27)6-13(21)10-30-20(26-21)25-19(28)12-4-2-1-3-5-12/h1-5,7-8,13-14,27H,6,9-11H2,(H,25,26,28)/t13-,14+,21-/m0/s1. The number of thioether (sulfide) groups is 1. The van der Waals surface area contributed by atoms with E-state index in [0.29, 0.717) is 22.9 Å². The minimum atomic E-state index is -1.13. The quantitative estimate of drug-likeness (QED) is 0.633. The molecule has 2 aromatic carbocycles. The van der Waals surface area contributed by atoms with Crippen LogP contribution in [0.2, 0.25) is 0 Å². The number of benzene rings is 2. The van der Waals surface area contributed by atoms with Crippen molar-refractivity contribution in [2.75, 3.05) is 19.0 Å². The van der Waals surface area contributed by atoms with E-state index in [1.54, 1.807) is 24.3 Å². The van der Waals surface area contributed by atoms with Gasteiger partial charge in [-0.2, -0.15) is 0 Å². The van der Waals surface area contributed by atoms with E-state index in [9.17, 15) is 18.7 Å². The Morgan fingerprint density at radius 2 is 2.07 bits per heavy atom. The lowest BCUT2D eigenvalue weighted by atomic mass is 9.75. The average molecular weight is 497 g/mol. The van der Waals surface area contributed by atoms with Gasteiger partial charge in [-0.05, 0) is 40.5 Å². The van der Waals surface area contributed by atoms with E-state index < -0.39 is 17.2 Å². The number of amidine groups is 1. The van der Waals surface area contributed by atoms with E-state index in [1.807, 2.05) is 6.07 Å². The van der Waals surface area contributed by atoms with Gasteiger partial charge in [0.25, 0.3) is 5.91 Å². The van der Waals surface area contributed by atoms with Crippen LogP contribution < -0.4 is 5.32 Å². The van der Waals surface area contributed by atoms with Crippen LogP contribution in [-0.4, -0.2) is 41.3 Å². The second-order valence-electron chi connectivity index (χ2n) is 7.27. The second kappa shape index (κ2) is 8.74. The van der Waals surface area contributed by atoms with Gasteiger partial charge in [0, 0.05) is 28.9 Å². The Morgan fingerprint density at radius 3 is 2.80 bits per heavy atom. The SMILES string of the molecule is O=C(NC1=N[C@@]2(c3cc(Br)c(F)cc3F)CO[C@@H](CO)C[C@H]2CS1)c1ccccc1. The highest BCUT2D eigenvalue weighted by molar-refractivity contribution is 9.10. The van der Waals surface area contributed by atoms with Crippen molar-refractivity contribution in [2.24, 2.45) is 10.9 Å². The van der Waals surface area contributed by atoms with Crippen LogP contribution in [0.15, 0.2) is 51.9 Å². The van der Waals surface area contributed by atoms with Crippen molar-refractivity contribution < 1.29 is 23.4 Å². The molecule has 0 bridgehead atoms. The van der Waals surface area contributed by atoms with Gasteiger partial charge in [-0.3, -0.25) is 4.79 Å². The molecule has 9 heteroatoms. The number of hydrogen-bond donors (Lipinski definition) is 2. The van der Waals surface area contributed by atoms with Crippen LogP contribution in [0.3, 0.4) is 0 Å². The molecule has 30 heavy (non-hydrogen) atoms. The monoisotopic (exact) mass is 496 g/mol. The average Bonchev–Trinajstić information content (AvgIpc) is 2.76. The third-order valence-electron chi connectivity index (χ3n) is 5.42. The largest absolute Gasteiger partial charge is 0.394 e. The summed E-state index contributed by atoms with van der Waals surface area (Å²) in [7, 11) is 0. The molecule has 1 saturated heterocycles. The van der Waals surface area contributed by atoms with E-state index in [0.717, 1.165) is 6.07 Å². The summed E-state index contributed by atoms with van der Waals surface area (Å²) in [6.45, 7) is -0.128. The first-order valence-corrected chi connectivity index (χ1v) is 11.2. The van der Waals surface area contributed by atoms with Crippen molar-refractivity contribution in [2.45, 2.75) is 18.1 Å². The number of carbonyl (C=O) groups is 1. The van der Waals surface area contributed by atoms with Crippen LogP contribution >= 0.6 is 27.7 Å². The molecule has 2 aliphatic rings. The zero-order valence-corrected chi connectivity index (χ0v) is 18.2. The molecule has 2 aliphatic heterocycles. The Kier molecular flexibility index (Phi) is 6.24. The number of nitrogens with zero attached hydrogens (tertiary/aromatic N) is 1. The molecule has 158 valence electrons. The number of amides is 1. The van der Waals surface area contributed by atoms with Gasteiger partial charge in [0.2, 0.25) is 0 Å². The molecule has 2 heterocycles. The Hall–Kier alpha value is -1.81. The lowest BCUT2D eigenvalue weighted by Gasteiger charge is -2.46. The fourth-order valence-electron chi connectivity index (χ4n) is 3.83. The molecule has 5 nitrogen and oxygen atoms in total. The molecule has 2 aromatic rings. The number of ether oxygens (including phenoxy) is 1. The summed E-state index contributed by atoms with van der Waals surface area (Å²) in [5.41, 5.74) is -0.451. The van der Waals surface area contributed by atoms with Crippen LogP contribution in [0.5, 0.6) is 0 Å². The van der Waals surface area contributed by atoms with Crippen molar-refractivity contribution in [3.63, 3.8) is 0 Å². The fraction of sp³-hybridized carbons (Fsp3) is 0.333. The molecule has 0 unspecified atom stereocenters. The molecule has 4 rings (SSSR count). The van der Waals surface area contributed by atoms with Crippen molar-refractivity contribution in [1.82, 2.24) is 5.32 Å². The normalized spacial score (nSPS) is 25.9. The van der Waals surface area contributed by atoms with Gasteiger partial charge in [0.1, 0.15) is 17.2 Å². The molecule has 0 aromatic heterocycles. The van der Waals surface area contributed by atoms with E-state index in [4.69, 9.17) is 9.73 Å². The predicted octanol–water partition coefficient (Wildman–Crippen LogP) is 3.85. The minimum absolute atomic E-state index is 0.0170.